The molecule has 0 saturated carbocycles. The maximum atomic E-state index is 13.1. The summed E-state index contributed by atoms with van der Waals surface area (Å²) < 4.78 is 10.6. The van der Waals surface area contributed by atoms with E-state index in [0.717, 1.165) is 27.7 Å². The average Bonchev–Trinajstić information content (AvgIpc) is 3.29. The minimum atomic E-state index is -0.330. The lowest BCUT2D eigenvalue weighted by Crippen LogP contribution is -2.36. The summed E-state index contributed by atoms with van der Waals surface area (Å²) in [6.07, 6.45) is 2.70. The largest absolute Gasteiger partial charge is 0.493 e. The molecule has 0 aliphatic heterocycles. The molecule has 0 saturated heterocycles. The number of H-pyrrole nitrogens is 1. The summed E-state index contributed by atoms with van der Waals surface area (Å²) >= 11 is 6.29. The lowest BCUT2D eigenvalue weighted by Gasteiger charge is -2.15. The summed E-state index contributed by atoms with van der Waals surface area (Å²) in [6.45, 7) is 2.38. The number of methoxy groups -OCH3 is 2. The number of carbonyl (C=O) groups is 1. The Balaban J connectivity index is 1.57. The quantitative estimate of drug-likeness (QED) is 0.233. The van der Waals surface area contributed by atoms with E-state index in [0.29, 0.717) is 41.0 Å². The summed E-state index contributed by atoms with van der Waals surface area (Å²) in [5.74, 6) is 1.01. The van der Waals surface area contributed by atoms with Crippen molar-refractivity contribution < 1.29 is 14.3 Å². The Morgan fingerprint density at radius 2 is 1.83 bits per heavy atom. The van der Waals surface area contributed by atoms with E-state index in [4.69, 9.17) is 21.1 Å². The number of aromatic amines is 1. The van der Waals surface area contributed by atoms with Crippen LogP contribution in [0.4, 0.5) is 5.69 Å². The third kappa shape index (κ3) is 5.58. The van der Waals surface area contributed by atoms with E-state index in [1.807, 2.05) is 49.5 Å². The van der Waals surface area contributed by atoms with Gasteiger partial charge in [-0.25, -0.2) is 0 Å². The molecule has 1 heterocycles. The third-order valence-corrected chi connectivity index (χ3v) is 6.13. The number of rotatable bonds is 7. The number of hydrogen-bond acceptors (Lipinski definition) is 4. The van der Waals surface area contributed by atoms with Crippen LogP contribution in [0.1, 0.15) is 21.5 Å². The molecule has 7 nitrogen and oxygen atoms in total. The van der Waals surface area contributed by atoms with Crippen molar-refractivity contribution in [3.05, 3.63) is 88.6 Å². The van der Waals surface area contributed by atoms with E-state index in [9.17, 15) is 4.79 Å². The molecule has 0 spiro atoms. The lowest BCUT2D eigenvalue weighted by atomic mass is 10.1. The number of nitrogens with one attached hydrogen (secondary N) is 3. The number of guanidine groups is 1. The number of ether oxygens (including phenoxy) is 2. The van der Waals surface area contributed by atoms with Gasteiger partial charge in [0.2, 0.25) is 5.96 Å². The van der Waals surface area contributed by atoms with Crippen LogP contribution >= 0.6 is 11.6 Å². The number of carbonyl (C=O) groups excluding carboxylic acids is 1. The molecule has 0 atom stereocenters. The van der Waals surface area contributed by atoms with Gasteiger partial charge in [0.15, 0.2) is 11.5 Å². The van der Waals surface area contributed by atoms with Crippen molar-refractivity contribution in [2.24, 2.45) is 4.99 Å². The average molecular weight is 491 g/mol. The van der Waals surface area contributed by atoms with Crippen LogP contribution in [0.15, 0.2) is 71.9 Å². The Labute approximate surface area is 209 Å². The van der Waals surface area contributed by atoms with Gasteiger partial charge in [0.1, 0.15) is 0 Å². The van der Waals surface area contributed by atoms with Gasteiger partial charge in [0, 0.05) is 39.9 Å². The second-order valence-corrected chi connectivity index (χ2v) is 8.31. The van der Waals surface area contributed by atoms with Crippen molar-refractivity contribution in [1.29, 1.82) is 0 Å². The monoisotopic (exact) mass is 490 g/mol. The third-order valence-electron chi connectivity index (χ3n) is 5.72. The van der Waals surface area contributed by atoms with Gasteiger partial charge in [0.25, 0.3) is 5.91 Å². The molecule has 1 aromatic heterocycles. The SMILES string of the molecule is COc1ccc(C(=O)NC(=NCCc2c[nH]c3ccccc23)Nc2cccc(Cl)c2C)cc1OC. The first-order valence-electron chi connectivity index (χ1n) is 11.1. The minimum absolute atomic E-state index is 0.329. The molecule has 0 radical (unpaired) electrons. The van der Waals surface area contributed by atoms with E-state index in [-0.39, 0.29) is 5.91 Å². The van der Waals surface area contributed by atoms with Crippen LogP contribution in [0.25, 0.3) is 10.9 Å². The zero-order valence-electron chi connectivity index (χ0n) is 19.8. The van der Waals surface area contributed by atoms with Gasteiger partial charge in [-0.1, -0.05) is 35.9 Å². The maximum Gasteiger partial charge on any atom is 0.258 e. The first-order chi connectivity index (χ1) is 17.0. The van der Waals surface area contributed by atoms with Crippen LogP contribution in [-0.2, 0) is 6.42 Å². The fraction of sp³-hybridized carbons (Fsp3) is 0.185. The number of amides is 1. The number of nitrogens with zero attached hydrogens (tertiary/aromatic N) is 1. The van der Waals surface area contributed by atoms with Crippen LogP contribution in [0.2, 0.25) is 5.02 Å². The van der Waals surface area contributed by atoms with Crippen molar-refractivity contribution in [2.45, 2.75) is 13.3 Å². The van der Waals surface area contributed by atoms with Crippen LogP contribution in [-0.4, -0.2) is 37.6 Å². The second kappa shape index (κ2) is 11.0. The van der Waals surface area contributed by atoms with E-state index in [1.54, 1.807) is 25.3 Å². The van der Waals surface area contributed by atoms with Crippen LogP contribution < -0.4 is 20.1 Å². The van der Waals surface area contributed by atoms with Crippen molar-refractivity contribution >= 4 is 40.1 Å². The summed E-state index contributed by atoms with van der Waals surface area (Å²) in [7, 11) is 3.08. The predicted octanol–water partition coefficient (Wildman–Crippen LogP) is 5.59. The van der Waals surface area contributed by atoms with Gasteiger partial charge in [-0.15, -0.1) is 0 Å². The first-order valence-corrected chi connectivity index (χ1v) is 11.5. The van der Waals surface area contributed by atoms with Gasteiger partial charge in [0.05, 0.1) is 14.2 Å². The summed E-state index contributed by atoms with van der Waals surface area (Å²) in [6, 6.07) is 18.7. The summed E-state index contributed by atoms with van der Waals surface area (Å²) in [5.41, 5.74) is 4.28. The number of hydrogen-bond donors (Lipinski definition) is 3. The smallest absolute Gasteiger partial charge is 0.258 e. The predicted molar refractivity (Wildman–Crippen MR) is 141 cm³/mol. The number of aromatic nitrogens is 1. The van der Waals surface area contributed by atoms with Gasteiger partial charge in [-0.3, -0.25) is 15.1 Å². The Morgan fingerprint density at radius 1 is 1.03 bits per heavy atom. The molecule has 0 unspecified atom stereocenters. The topological polar surface area (TPSA) is 87.7 Å². The molecule has 4 rings (SSSR count). The molecular weight excluding hydrogens is 464 g/mol. The highest BCUT2D eigenvalue weighted by Gasteiger charge is 2.14. The molecule has 1 amide bonds. The van der Waals surface area contributed by atoms with Crippen molar-refractivity contribution in [3.8, 4) is 11.5 Å². The van der Waals surface area contributed by atoms with E-state index < -0.39 is 0 Å². The molecule has 8 heteroatoms. The van der Waals surface area contributed by atoms with Gasteiger partial charge < -0.3 is 19.8 Å². The zero-order valence-corrected chi connectivity index (χ0v) is 20.6. The highest BCUT2D eigenvalue weighted by Crippen LogP contribution is 2.27. The van der Waals surface area contributed by atoms with Crippen molar-refractivity contribution in [1.82, 2.24) is 10.3 Å². The number of fused-ring (bicyclic) bond motifs is 1. The van der Waals surface area contributed by atoms with Crippen LogP contribution in [0.5, 0.6) is 11.5 Å². The Kier molecular flexibility index (Phi) is 7.57. The number of anilines is 1. The van der Waals surface area contributed by atoms with E-state index >= 15 is 0 Å². The molecule has 35 heavy (non-hydrogen) atoms. The molecular formula is C27H27ClN4O3. The van der Waals surface area contributed by atoms with Crippen molar-refractivity contribution in [2.75, 3.05) is 26.1 Å². The van der Waals surface area contributed by atoms with E-state index in [2.05, 4.69) is 26.7 Å². The van der Waals surface area contributed by atoms with E-state index in [1.165, 1.54) is 7.11 Å². The number of aliphatic imine (C=N–C) groups is 1. The first kappa shape index (κ1) is 24.2. The fourth-order valence-electron chi connectivity index (χ4n) is 3.76. The summed E-state index contributed by atoms with van der Waals surface area (Å²) in [5, 5.41) is 7.90. The number of para-hydroxylation sites is 1. The zero-order chi connectivity index (χ0) is 24.8. The Bertz CT molecular complexity index is 1380. The van der Waals surface area contributed by atoms with Gasteiger partial charge in [-0.05, 0) is 60.9 Å². The van der Waals surface area contributed by atoms with Crippen molar-refractivity contribution in [3.63, 3.8) is 0 Å². The normalized spacial score (nSPS) is 11.4. The minimum Gasteiger partial charge on any atom is -0.493 e. The molecule has 3 N–H and O–H groups in total. The lowest BCUT2D eigenvalue weighted by molar-refractivity contribution is 0.0976. The molecule has 180 valence electrons. The fourth-order valence-corrected chi connectivity index (χ4v) is 3.94. The highest BCUT2D eigenvalue weighted by atomic mass is 35.5. The Hall–Kier alpha value is -3.97. The highest BCUT2D eigenvalue weighted by molar-refractivity contribution is 6.31. The molecule has 0 bridgehead atoms. The van der Waals surface area contributed by atoms with Gasteiger partial charge >= 0.3 is 0 Å². The number of benzene rings is 3. The Morgan fingerprint density at radius 3 is 2.63 bits per heavy atom. The van der Waals surface area contributed by atoms with Gasteiger partial charge in [-0.2, -0.15) is 0 Å². The molecule has 0 aliphatic carbocycles. The molecule has 0 aliphatic rings. The second-order valence-electron chi connectivity index (χ2n) is 7.90. The molecule has 4 aromatic rings. The summed E-state index contributed by atoms with van der Waals surface area (Å²) in [4.78, 5) is 21.0. The standard InChI is InChI=1S/C27H27ClN4O3/c1-17-21(28)8-6-10-22(17)31-27(29-14-13-19-16-30-23-9-5-4-7-20(19)23)32-26(33)18-11-12-24(34-2)25(15-18)35-3/h4-12,15-16,30H,13-14H2,1-3H3,(H2,29,31,32,33). The molecule has 0 fully saturated rings. The van der Waals surface area contributed by atoms with Crippen LogP contribution in [0.3, 0.4) is 0 Å². The molecule has 3 aromatic carbocycles. The maximum absolute atomic E-state index is 13.1. The number of halogens is 1. The van der Waals surface area contributed by atoms with Crippen LogP contribution in [0, 0.1) is 6.92 Å².